The normalized spacial score (nSPS) is 11.1. The molecular weight excluding hydrogens is 342 g/mol. The molecule has 2 aromatic carbocycles. The van der Waals surface area contributed by atoms with Crippen LogP contribution < -0.4 is 10.6 Å². The molecule has 0 fully saturated rings. The van der Waals surface area contributed by atoms with Gasteiger partial charge >= 0.3 is 0 Å². The Morgan fingerprint density at radius 1 is 1.12 bits per heavy atom. The van der Waals surface area contributed by atoms with Gasteiger partial charge in [-0.3, -0.25) is 9.59 Å². The highest BCUT2D eigenvalue weighted by atomic mass is 19.1. The molecule has 3 N–H and O–H groups in total. The lowest BCUT2D eigenvalue weighted by Crippen LogP contribution is -2.40. The number of hydrogen-bond acceptors (Lipinski definition) is 3. The zero-order valence-corrected chi connectivity index (χ0v) is 14.7. The first-order chi connectivity index (χ1) is 12.0. The van der Waals surface area contributed by atoms with Crippen LogP contribution in [-0.2, 0) is 11.2 Å². The first kappa shape index (κ1) is 19.4. The van der Waals surface area contributed by atoms with Gasteiger partial charge in [-0.2, -0.15) is 0 Å². The minimum absolute atomic E-state index is 0.165. The van der Waals surface area contributed by atoms with Gasteiger partial charge in [0.15, 0.2) is 11.6 Å². The van der Waals surface area contributed by atoms with Crippen LogP contribution in [0.15, 0.2) is 36.4 Å². The number of phenolic OH excluding ortho intramolecular Hbond substituents is 1. The number of hydrogen-bond donors (Lipinski definition) is 3. The molecule has 0 radical (unpaired) electrons. The van der Waals surface area contributed by atoms with Crippen LogP contribution in [0.1, 0.15) is 36.7 Å². The quantitative estimate of drug-likeness (QED) is 0.780. The van der Waals surface area contributed by atoms with Crippen molar-refractivity contribution in [3.63, 3.8) is 0 Å². The van der Waals surface area contributed by atoms with Crippen molar-refractivity contribution >= 4 is 17.5 Å². The summed E-state index contributed by atoms with van der Waals surface area (Å²) in [5, 5.41) is 14.9. The van der Waals surface area contributed by atoms with Gasteiger partial charge in [0.05, 0.1) is 6.42 Å². The Labute approximate surface area is 150 Å². The lowest BCUT2D eigenvalue weighted by Gasteiger charge is -2.20. The molecule has 2 rings (SSSR count). The number of phenols is 1. The fourth-order valence-electron chi connectivity index (χ4n) is 2.28. The Kier molecular flexibility index (Phi) is 5.59. The van der Waals surface area contributed by atoms with Crippen LogP contribution in [0.5, 0.6) is 5.75 Å². The molecule has 0 aliphatic carbocycles. The van der Waals surface area contributed by atoms with Crippen LogP contribution in [0, 0.1) is 11.6 Å². The van der Waals surface area contributed by atoms with E-state index >= 15 is 0 Å². The summed E-state index contributed by atoms with van der Waals surface area (Å²) in [6.07, 6.45) is -0.418. The molecule has 5 nitrogen and oxygen atoms in total. The summed E-state index contributed by atoms with van der Waals surface area (Å²) in [4.78, 5) is 24.3. The lowest BCUT2D eigenvalue weighted by molar-refractivity contribution is -0.115. The molecule has 0 spiro atoms. The number of amides is 2. The molecule has 0 saturated heterocycles. The van der Waals surface area contributed by atoms with Crippen LogP contribution >= 0.6 is 0 Å². The van der Waals surface area contributed by atoms with Crippen LogP contribution in [0.2, 0.25) is 0 Å². The average Bonchev–Trinajstić information content (AvgIpc) is 2.50. The van der Waals surface area contributed by atoms with E-state index in [4.69, 9.17) is 0 Å². The van der Waals surface area contributed by atoms with E-state index in [1.54, 1.807) is 18.2 Å². The Hall–Kier alpha value is -2.96. The van der Waals surface area contributed by atoms with E-state index in [-0.39, 0.29) is 11.5 Å². The summed E-state index contributed by atoms with van der Waals surface area (Å²) in [5.41, 5.74) is 0.141. The van der Waals surface area contributed by atoms with Gasteiger partial charge in [0, 0.05) is 28.4 Å². The zero-order chi connectivity index (χ0) is 19.5. The van der Waals surface area contributed by atoms with E-state index in [2.05, 4.69) is 10.6 Å². The second-order valence-electron chi connectivity index (χ2n) is 6.91. The summed E-state index contributed by atoms with van der Waals surface area (Å²) in [7, 11) is 0. The van der Waals surface area contributed by atoms with E-state index < -0.39 is 35.3 Å². The first-order valence-electron chi connectivity index (χ1n) is 7.94. The van der Waals surface area contributed by atoms with E-state index in [0.29, 0.717) is 17.3 Å². The van der Waals surface area contributed by atoms with Crippen molar-refractivity contribution in [2.75, 3.05) is 5.32 Å². The summed E-state index contributed by atoms with van der Waals surface area (Å²) < 4.78 is 26.6. The SMILES string of the molecule is CC(C)(C)NC(=O)c1cccc(NC(=O)Cc2cc(F)cc(F)c2O)c1. The van der Waals surface area contributed by atoms with Crippen molar-refractivity contribution in [2.45, 2.75) is 32.7 Å². The molecule has 138 valence electrons. The van der Waals surface area contributed by atoms with Crippen LogP contribution in [-0.4, -0.2) is 22.5 Å². The molecule has 0 aromatic heterocycles. The van der Waals surface area contributed by atoms with E-state index in [1.165, 1.54) is 6.07 Å². The maximum absolute atomic E-state index is 13.3. The van der Waals surface area contributed by atoms with Crippen molar-refractivity contribution < 1.29 is 23.5 Å². The third kappa shape index (κ3) is 5.27. The summed E-state index contributed by atoms with van der Waals surface area (Å²) >= 11 is 0. The Morgan fingerprint density at radius 2 is 1.81 bits per heavy atom. The third-order valence-corrected chi connectivity index (χ3v) is 3.36. The molecule has 26 heavy (non-hydrogen) atoms. The van der Waals surface area contributed by atoms with Crippen molar-refractivity contribution in [3.05, 3.63) is 59.2 Å². The molecule has 2 aromatic rings. The Morgan fingerprint density at radius 3 is 2.46 bits per heavy atom. The number of carbonyl (C=O) groups is 2. The molecule has 0 aliphatic heterocycles. The largest absolute Gasteiger partial charge is 0.505 e. The van der Waals surface area contributed by atoms with Crippen molar-refractivity contribution in [1.82, 2.24) is 5.32 Å². The fraction of sp³-hybridized carbons (Fsp3) is 0.263. The predicted octanol–water partition coefficient (Wildman–Crippen LogP) is 3.38. The van der Waals surface area contributed by atoms with Gasteiger partial charge in [-0.15, -0.1) is 0 Å². The van der Waals surface area contributed by atoms with E-state index in [9.17, 15) is 23.5 Å². The molecule has 0 bridgehead atoms. The minimum Gasteiger partial charge on any atom is -0.505 e. The van der Waals surface area contributed by atoms with Crippen molar-refractivity contribution in [1.29, 1.82) is 0 Å². The molecule has 0 atom stereocenters. The van der Waals surface area contributed by atoms with Gasteiger partial charge in [0.2, 0.25) is 5.91 Å². The molecule has 0 aliphatic rings. The molecule has 0 heterocycles. The Balaban J connectivity index is 2.10. The highest BCUT2D eigenvalue weighted by Crippen LogP contribution is 2.23. The van der Waals surface area contributed by atoms with Crippen LogP contribution in [0.3, 0.4) is 0 Å². The third-order valence-electron chi connectivity index (χ3n) is 3.36. The van der Waals surface area contributed by atoms with Crippen LogP contribution in [0.25, 0.3) is 0 Å². The van der Waals surface area contributed by atoms with Gasteiger partial charge in [-0.25, -0.2) is 8.78 Å². The van der Waals surface area contributed by atoms with Crippen LogP contribution in [0.4, 0.5) is 14.5 Å². The maximum atomic E-state index is 13.3. The highest BCUT2D eigenvalue weighted by molar-refractivity contribution is 5.98. The highest BCUT2D eigenvalue weighted by Gasteiger charge is 2.17. The summed E-state index contributed by atoms with van der Waals surface area (Å²) in [6.45, 7) is 5.55. The predicted molar refractivity (Wildman–Crippen MR) is 94.0 cm³/mol. The van der Waals surface area contributed by atoms with Gasteiger partial charge in [0.25, 0.3) is 5.91 Å². The van der Waals surface area contributed by atoms with E-state index in [1.807, 2.05) is 20.8 Å². The molecule has 0 saturated carbocycles. The number of anilines is 1. The fourth-order valence-corrected chi connectivity index (χ4v) is 2.28. The molecule has 0 unspecified atom stereocenters. The number of halogens is 2. The number of rotatable bonds is 4. The standard InChI is InChI=1S/C19H20F2N2O3/c1-19(2,3)23-18(26)11-5-4-6-14(8-11)22-16(24)9-12-7-13(20)10-15(21)17(12)25/h4-8,10,25H,9H2,1-3H3,(H,22,24)(H,23,26). The molecule has 2 amide bonds. The number of carbonyl (C=O) groups excluding carboxylic acids is 2. The second kappa shape index (κ2) is 7.51. The lowest BCUT2D eigenvalue weighted by atomic mass is 10.1. The first-order valence-corrected chi connectivity index (χ1v) is 7.94. The smallest absolute Gasteiger partial charge is 0.251 e. The van der Waals surface area contributed by atoms with Gasteiger partial charge in [0.1, 0.15) is 5.82 Å². The summed E-state index contributed by atoms with van der Waals surface area (Å²) in [6, 6.07) is 7.71. The number of nitrogens with one attached hydrogen (secondary N) is 2. The Bertz CT molecular complexity index is 845. The average molecular weight is 362 g/mol. The topological polar surface area (TPSA) is 78.4 Å². The van der Waals surface area contributed by atoms with E-state index in [0.717, 1.165) is 6.07 Å². The van der Waals surface area contributed by atoms with Gasteiger partial charge in [-0.05, 0) is 45.0 Å². The van der Waals surface area contributed by atoms with Gasteiger partial charge in [-0.1, -0.05) is 6.07 Å². The number of aromatic hydroxyl groups is 1. The second-order valence-corrected chi connectivity index (χ2v) is 6.91. The number of benzene rings is 2. The van der Waals surface area contributed by atoms with Crippen molar-refractivity contribution in [3.8, 4) is 5.75 Å². The zero-order valence-electron chi connectivity index (χ0n) is 14.7. The minimum atomic E-state index is -1.13. The van der Waals surface area contributed by atoms with Crippen molar-refractivity contribution in [2.24, 2.45) is 0 Å². The monoisotopic (exact) mass is 362 g/mol. The molecular formula is C19H20F2N2O3. The maximum Gasteiger partial charge on any atom is 0.251 e. The van der Waals surface area contributed by atoms with Gasteiger partial charge < -0.3 is 15.7 Å². The molecule has 7 heteroatoms. The summed E-state index contributed by atoms with van der Waals surface area (Å²) in [5.74, 6) is -3.66.